The number of amides is 1. The number of benzene rings is 4. The summed E-state index contributed by atoms with van der Waals surface area (Å²) in [5.74, 6) is -1.72. The molecular weight excluding hydrogens is 588 g/mol. The molecule has 44 heavy (non-hydrogen) atoms. The van der Waals surface area contributed by atoms with Crippen LogP contribution in [0.25, 0.3) is 33.1 Å². The van der Waals surface area contributed by atoms with Gasteiger partial charge in [0.05, 0.1) is 0 Å². The Kier molecular flexibility index (Phi) is 9.10. The molecular formula is C34H31F2NO6S. The summed E-state index contributed by atoms with van der Waals surface area (Å²) in [6.07, 6.45) is -0.837. The highest BCUT2D eigenvalue weighted by Gasteiger charge is 2.24. The van der Waals surface area contributed by atoms with Gasteiger partial charge in [-0.3, -0.25) is 0 Å². The molecule has 0 radical (unpaired) electrons. The Balaban J connectivity index is 1.19. The van der Waals surface area contributed by atoms with Crippen LogP contribution in [0.5, 0.6) is 5.75 Å². The summed E-state index contributed by atoms with van der Waals surface area (Å²) in [5, 5.41) is 13.6. The van der Waals surface area contributed by atoms with Gasteiger partial charge in [0.1, 0.15) is 46.8 Å². The summed E-state index contributed by atoms with van der Waals surface area (Å²) in [5.41, 5.74) is 2.54. The van der Waals surface area contributed by atoms with E-state index in [1.807, 2.05) is 42.5 Å². The molecule has 4 aromatic carbocycles. The lowest BCUT2D eigenvalue weighted by Crippen LogP contribution is -2.44. The number of hydrogen-bond acceptors (Lipinski definition) is 6. The molecule has 7 nitrogen and oxygen atoms in total. The van der Waals surface area contributed by atoms with E-state index < -0.39 is 35.3 Å². The molecule has 0 aliphatic rings. The first-order chi connectivity index (χ1) is 21.0. The number of carbonyl (C=O) groups excluding carboxylic acids is 1. The molecule has 0 saturated heterocycles. The zero-order chi connectivity index (χ0) is 31.4. The molecule has 1 heterocycles. The summed E-state index contributed by atoms with van der Waals surface area (Å²) in [4.78, 5) is 23.5. The Morgan fingerprint density at radius 3 is 2.43 bits per heavy atom. The highest BCUT2D eigenvalue weighted by Crippen LogP contribution is 2.36. The van der Waals surface area contributed by atoms with E-state index in [-0.39, 0.29) is 23.9 Å². The molecule has 10 heteroatoms. The molecule has 5 aromatic rings. The highest BCUT2D eigenvalue weighted by molar-refractivity contribution is 7.98. The van der Waals surface area contributed by atoms with Crippen LogP contribution < -0.4 is 10.1 Å². The summed E-state index contributed by atoms with van der Waals surface area (Å²) < 4.78 is 47.0. The summed E-state index contributed by atoms with van der Waals surface area (Å²) in [6, 6.07) is 21.3. The van der Waals surface area contributed by atoms with Crippen molar-refractivity contribution in [3.05, 3.63) is 102 Å². The minimum Gasteiger partial charge on any atom is -0.489 e. The van der Waals surface area contributed by atoms with Crippen LogP contribution in [-0.2, 0) is 21.9 Å². The van der Waals surface area contributed by atoms with Gasteiger partial charge in [-0.1, -0.05) is 54.6 Å². The number of carbonyl (C=O) groups is 2. The molecule has 1 amide bonds. The topological polar surface area (TPSA) is 98.0 Å². The van der Waals surface area contributed by atoms with Crippen LogP contribution in [0.4, 0.5) is 13.6 Å². The van der Waals surface area contributed by atoms with Gasteiger partial charge in [0.15, 0.2) is 0 Å². The molecule has 2 N–H and O–H groups in total. The fourth-order valence-electron chi connectivity index (χ4n) is 4.64. The minimum atomic E-state index is -1.22. The van der Waals surface area contributed by atoms with Gasteiger partial charge in [-0.05, 0) is 50.1 Å². The molecule has 1 aromatic heterocycles. The molecule has 0 saturated carbocycles. The molecule has 0 fully saturated rings. The van der Waals surface area contributed by atoms with E-state index in [9.17, 15) is 19.1 Å². The monoisotopic (exact) mass is 619 g/mol. The number of nitrogens with one attached hydrogen (secondary N) is 1. The quantitative estimate of drug-likeness (QED) is 0.162. The van der Waals surface area contributed by atoms with Crippen molar-refractivity contribution >= 4 is 45.8 Å². The lowest BCUT2D eigenvalue weighted by molar-refractivity contribution is -0.138. The fourth-order valence-corrected chi connectivity index (χ4v) is 5.67. The lowest BCUT2D eigenvalue weighted by atomic mass is 10.0. The van der Waals surface area contributed by atoms with Crippen molar-refractivity contribution in [2.75, 3.05) is 5.75 Å². The Bertz CT molecular complexity index is 1830. The second-order valence-electron chi connectivity index (χ2n) is 11.2. The number of carboxylic acids is 1. The van der Waals surface area contributed by atoms with E-state index in [0.29, 0.717) is 27.8 Å². The Morgan fingerprint density at radius 2 is 1.70 bits per heavy atom. The SMILES string of the molecule is CC(C)(C)OC(=O)NC(CSCc1ccc(OCc2ccc(-c3cccc4c3oc3ccccc34)c(F)c2)cc1F)C(=O)O. The van der Waals surface area contributed by atoms with Gasteiger partial charge in [-0.2, -0.15) is 11.8 Å². The summed E-state index contributed by atoms with van der Waals surface area (Å²) in [7, 11) is 0. The van der Waals surface area contributed by atoms with Crippen molar-refractivity contribution in [1.29, 1.82) is 0 Å². The number of fused-ring (bicyclic) bond motifs is 3. The molecule has 228 valence electrons. The lowest BCUT2D eigenvalue weighted by Gasteiger charge is -2.21. The van der Waals surface area contributed by atoms with Gasteiger partial charge < -0.3 is 24.3 Å². The van der Waals surface area contributed by atoms with Crippen molar-refractivity contribution in [1.82, 2.24) is 5.32 Å². The maximum atomic E-state index is 15.3. The molecule has 5 rings (SSSR count). The third-order valence-corrected chi connectivity index (χ3v) is 7.77. The number of hydrogen-bond donors (Lipinski definition) is 2. The molecule has 0 aliphatic heterocycles. The predicted molar refractivity (Wildman–Crippen MR) is 167 cm³/mol. The van der Waals surface area contributed by atoms with Crippen molar-refractivity contribution in [2.24, 2.45) is 0 Å². The molecule has 0 aliphatic carbocycles. The van der Waals surface area contributed by atoms with Gasteiger partial charge >= 0.3 is 12.1 Å². The van der Waals surface area contributed by atoms with Crippen LogP contribution >= 0.6 is 11.8 Å². The number of carboxylic acid groups (broad SMARTS) is 1. The summed E-state index contributed by atoms with van der Waals surface area (Å²) in [6.45, 7) is 5.04. The molecule has 0 bridgehead atoms. The van der Waals surface area contributed by atoms with E-state index in [0.717, 1.165) is 28.1 Å². The summed E-state index contributed by atoms with van der Waals surface area (Å²) >= 11 is 1.16. The van der Waals surface area contributed by atoms with Crippen LogP contribution in [0, 0.1) is 11.6 Å². The van der Waals surface area contributed by atoms with Crippen molar-refractivity contribution < 1.29 is 37.4 Å². The Labute approximate surface area is 257 Å². The van der Waals surface area contributed by atoms with Crippen LogP contribution in [0.1, 0.15) is 31.9 Å². The van der Waals surface area contributed by atoms with Crippen molar-refractivity contribution in [2.45, 2.75) is 44.8 Å². The highest BCUT2D eigenvalue weighted by atomic mass is 32.2. The van der Waals surface area contributed by atoms with Crippen LogP contribution in [0.2, 0.25) is 0 Å². The number of para-hydroxylation sites is 2. The molecule has 1 unspecified atom stereocenters. The predicted octanol–water partition coefficient (Wildman–Crippen LogP) is 8.32. The average Bonchev–Trinajstić information content (AvgIpc) is 3.35. The first-order valence-electron chi connectivity index (χ1n) is 13.9. The van der Waals surface area contributed by atoms with Gasteiger partial charge in [-0.15, -0.1) is 0 Å². The van der Waals surface area contributed by atoms with Crippen LogP contribution in [0.3, 0.4) is 0 Å². The number of rotatable bonds is 10. The first-order valence-corrected chi connectivity index (χ1v) is 15.0. The van der Waals surface area contributed by atoms with Crippen molar-refractivity contribution in [3.63, 3.8) is 0 Å². The second-order valence-corrected chi connectivity index (χ2v) is 12.2. The Morgan fingerprint density at radius 1 is 0.932 bits per heavy atom. The number of alkyl carbamates (subject to hydrolysis) is 1. The van der Waals surface area contributed by atoms with Gasteiger partial charge in [0.25, 0.3) is 0 Å². The largest absolute Gasteiger partial charge is 0.489 e. The van der Waals surface area contributed by atoms with Crippen LogP contribution in [0.15, 0.2) is 83.3 Å². The van der Waals surface area contributed by atoms with E-state index >= 15 is 4.39 Å². The molecule has 1 atom stereocenters. The zero-order valence-corrected chi connectivity index (χ0v) is 25.2. The average molecular weight is 620 g/mol. The minimum absolute atomic E-state index is 0.0126. The second kappa shape index (κ2) is 13.0. The first kappa shape index (κ1) is 30.9. The van der Waals surface area contributed by atoms with E-state index in [1.54, 1.807) is 45.0 Å². The number of thioether (sulfide) groups is 1. The Hall–Kier alpha value is -4.57. The molecule has 0 spiro atoms. The standard InChI is InChI=1S/C34H31F2NO6S/c1-34(2,3)43-33(40)37-29(32(38)39)19-44-18-21-12-13-22(16-27(21)35)41-17-20-11-14-23(28(36)15-20)25-8-6-9-26-24-7-4-5-10-30(24)42-31(25)26/h4-16,29H,17-19H2,1-3H3,(H,37,40)(H,38,39). The normalized spacial score (nSPS) is 12.3. The maximum absolute atomic E-state index is 15.3. The number of aliphatic carboxylic acids is 1. The van der Waals surface area contributed by atoms with Gasteiger partial charge in [0.2, 0.25) is 0 Å². The number of halogens is 2. The zero-order valence-electron chi connectivity index (χ0n) is 24.4. The third kappa shape index (κ3) is 7.31. The smallest absolute Gasteiger partial charge is 0.408 e. The van der Waals surface area contributed by atoms with E-state index in [4.69, 9.17) is 13.9 Å². The maximum Gasteiger partial charge on any atom is 0.408 e. The van der Waals surface area contributed by atoms with Gasteiger partial charge in [0, 0.05) is 39.5 Å². The van der Waals surface area contributed by atoms with E-state index in [2.05, 4.69) is 5.32 Å². The van der Waals surface area contributed by atoms with Crippen LogP contribution in [-0.4, -0.2) is 34.6 Å². The number of ether oxygens (including phenoxy) is 2. The number of furan rings is 1. The van der Waals surface area contributed by atoms with Crippen molar-refractivity contribution in [3.8, 4) is 16.9 Å². The van der Waals surface area contributed by atoms with E-state index in [1.165, 1.54) is 12.1 Å². The fraction of sp³-hybridized carbons (Fsp3) is 0.235. The van der Waals surface area contributed by atoms with Gasteiger partial charge in [-0.25, -0.2) is 18.4 Å². The third-order valence-electron chi connectivity index (χ3n) is 6.69.